The lowest BCUT2D eigenvalue weighted by atomic mass is 10.3. The van der Waals surface area contributed by atoms with Gasteiger partial charge >= 0.3 is 0 Å². The maximum atomic E-state index is 11.3. The monoisotopic (exact) mass is 352 g/mol. The minimum absolute atomic E-state index is 0.104. The van der Waals surface area contributed by atoms with Crippen LogP contribution in [0.15, 0.2) is 58.4 Å². The predicted molar refractivity (Wildman–Crippen MR) is 97.8 cm³/mol. The van der Waals surface area contributed by atoms with E-state index in [0.717, 1.165) is 0 Å². The fourth-order valence-corrected chi connectivity index (χ4v) is 2.29. The Morgan fingerprint density at radius 3 is 1.50 bits per heavy atom. The highest BCUT2D eigenvalue weighted by Gasteiger charge is 2.01. The van der Waals surface area contributed by atoms with E-state index in [9.17, 15) is 9.59 Å². The quantitative estimate of drug-likeness (QED) is 0.570. The van der Waals surface area contributed by atoms with Gasteiger partial charge in [0, 0.05) is 36.7 Å². The van der Waals surface area contributed by atoms with Crippen LogP contribution < -0.4 is 20.3 Å². The fourth-order valence-electron chi connectivity index (χ4n) is 2.29. The number of methoxy groups -OCH3 is 2. The topological polar surface area (TPSA) is 110 Å². The molecule has 0 spiro atoms. The highest BCUT2D eigenvalue weighted by atomic mass is 16.5. The first kappa shape index (κ1) is 17.2. The minimum Gasteiger partial charge on any atom is -0.481 e. The molecule has 0 atom stereocenters. The van der Waals surface area contributed by atoms with Crippen LogP contribution in [-0.4, -0.2) is 34.2 Å². The molecule has 0 saturated carbocycles. The van der Waals surface area contributed by atoms with Gasteiger partial charge in [-0.05, 0) is 12.1 Å². The molecule has 0 radical (unpaired) electrons. The van der Waals surface area contributed by atoms with Gasteiger partial charge in [-0.2, -0.15) is 0 Å². The van der Waals surface area contributed by atoms with E-state index < -0.39 is 0 Å². The summed E-state index contributed by atoms with van der Waals surface area (Å²) >= 11 is 0. The SMILES string of the molecule is COc1ccc2[nH]ccc(=O)c2n1.COc1ccc2[nH]ccc(=O)c2n1. The van der Waals surface area contributed by atoms with Gasteiger partial charge in [-0.1, -0.05) is 0 Å². The van der Waals surface area contributed by atoms with Crippen molar-refractivity contribution in [2.45, 2.75) is 0 Å². The lowest BCUT2D eigenvalue weighted by Crippen LogP contribution is -2.03. The molecule has 0 fully saturated rings. The second kappa shape index (κ2) is 7.47. The van der Waals surface area contributed by atoms with E-state index in [1.165, 1.54) is 26.4 Å². The third-order valence-electron chi connectivity index (χ3n) is 3.57. The number of nitrogens with one attached hydrogen (secondary N) is 2. The number of H-pyrrole nitrogens is 2. The van der Waals surface area contributed by atoms with Gasteiger partial charge in [0.05, 0.1) is 25.3 Å². The number of nitrogens with zero attached hydrogens (tertiary/aromatic N) is 2. The van der Waals surface area contributed by atoms with E-state index in [-0.39, 0.29) is 10.9 Å². The molecule has 4 heterocycles. The van der Waals surface area contributed by atoms with Crippen LogP contribution in [0.4, 0.5) is 0 Å². The lowest BCUT2D eigenvalue weighted by Gasteiger charge is -1.99. The average Bonchev–Trinajstić information content (AvgIpc) is 2.69. The number of rotatable bonds is 2. The smallest absolute Gasteiger partial charge is 0.213 e. The lowest BCUT2D eigenvalue weighted by molar-refractivity contribution is 0.399. The Hall–Kier alpha value is -3.68. The molecule has 0 aliphatic rings. The molecular formula is C18H16N4O4. The summed E-state index contributed by atoms with van der Waals surface area (Å²) in [5.41, 5.74) is 2.03. The van der Waals surface area contributed by atoms with Crippen LogP contribution in [0.3, 0.4) is 0 Å². The van der Waals surface area contributed by atoms with Crippen molar-refractivity contribution >= 4 is 22.1 Å². The third-order valence-corrected chi connectivity index (χ3v) is 3.57. The number of hydrogen-bond donors (Lipinski definition) is 2. The molecule has 8 heteroatoms. The Labute approximate surface area is 147 Å². The average molecular weight is 352 g/mol. The molecule has 0 aliphatic carbocycles. The molecule has 2 N–H and O–H groups in total. The third kappa shape index (κ3) is 3.54. The first-order chi connectivity index (χ1) is 12.6. The van der Waals surface area contributed by atoms with Gasteiger partial charge in [-0.3, -0.25) is 9.59 Å². The second-order valence-electron chi connectivity index (χ2n) is 5.18. The Balaban J connectivity index is 0.000000151. The van der Waals surface area contributed by atoms with Crippen molar-refractivity contribution in [2.75, 3.05) is 14.2 Å². The van der Waals surface area contributed by atoms with Crippen molar-refractivity contribution in [1.29, 1.82) is 0 Å². The summed E-state index contributed by atoms with van der Waals surface area (Å²) in [6.07, 6.45) is 3.19. The van der Waals surface area contributed by atoms with Crippen molar-refractivity contribution in [2.24, 2.45) is 0 Å². The highest BCUT2D eigenvalue weighted by molar-refractivity contribution is 5.74. The largest absolute Gasteiger partial charge is 0.481 e. The number of hydrogen-bond acceptors (Lipinski definition) is 6. The van der Waals surface area contributed by atoms with E-state index in [0.29, 0.717) is 33.8 Å². The zero-order chi connectivity index (χ0) is 18.5. The summed E-state index contributed by atoms with van der Waals surface area (Å²) < 4.78 is 9.83. The standard InChI is InChI=1S/2C9H8N2O2/c2*1-13-8-3-2-6-9(11-8)7(12)4-5-10-6/h2*2-5H,1H3,(H,10,12). The number of aromatic nitrogens is 4. The molecule has 4 aromatic rings. The summed E-state index contributed by atoms with van der Waals surface area (Å²) in [6, 6.07) is 9.82. The molecule has 0 aromatic carbocycles. The molecule has 0 bridgehead atoms. The molecule has 26 heavy (non-hydrogen) atoms. The van der Waals surface area contributed by atoms with Gasteiger partial charge in [-0.25, -0.2) is 9.97 Å². The molecule has 8 nitrogen and oxygen atoms in total. The first-order valence-corrected chi connectivity index (χ1v) is 7.67. The molecule has 132 valence electrons. The van der Waals surface area contributed by atoms with Gasteiger partial charge in [-0.15, -0.1) is 0 Å². The maximum Gasteiger partial charge on any atom is 0.213 e. The predicted octanol–water partition coefficient (Wildman–Crippen LogP) is 1.86. The second-order valence-corrected chi connectivity index (χ2v) is 5.18. The maximum absolute atomic E-state index is 11.3. The van der Waals surface area contributed by atoms with Crippen molar-refractivity contribution in [3.8, 4) is 11.8 Å². The Kier molecular flexibility index (Phi) is 4.93. The van der Waals surface area contributed by atoms with Crippen LogP contribution in [0, 0.1) is 0 Å². The molecule has 4 rings (SSSR count). The number of pyridine rings is 4. The summed E-state index contributed by atoms with van der Waals surface area (Å²) in [7, 11) is 3.04. The zero-order valence-corrected chi connectivity index (χ0v) is 14.1. The van der Waals surface area contributed by atoms with Gasteiger partial charge in [0.1, 0.15) is 11.0 Å². The van der Waals surface area contributed by atoms with Crippen molar-refractivity contribution in [1.82, 2.24) is 19.9 Å². The van der Waals surface area contributed by atoms with Crippen molar-refractivity contribution in [3.63, 3.8) is 0 Å². The molecule has 0 saturated heterocycles. The Morgan fingerprint density at radius 2 is 1.12 bits per heavy atom. The van der Waals surface area contributed by atoms with E-state index in [1.54, 1.807) is 36.7 Å². The molecule has 0 unspecified atom stereocenters. The number of fused-ring (bicyclic) bond motifs is 2. The van der Waals surface area contributed by atoms with E-state index in [1.807, 2.05) is 0 Å². The first-order valence-electron chi connectivity index (χ1n) is 7.67. The van der Waals surface area contributed by atoms with E-state index in [4.69, 9.17) is 9.47 Å². The zero-order valence-electron chi connectivity index (χ0n) is 14.1. The van der Waals surface area contributed by atoms with Gasteiger partial charge in [0.25, 0.3) is 0 Å². The highest BCUT2D eigenvalue weighted by Crippen LogP contribution is 2.11. The van der Waals surface area contributed by atoms with E-state index in [2.05, 4.69) is 19.9 Å². The van der Waals surface area contributed by atoms with Crippen LogP contribution >= 0.6 is 0 Å². The van der Waals surface area contributed by atoms with E-state index >= 15 is 0 Å². The van der Waals surface area contributed by atoms with Gasteiger partial charge in [0.15, 0.2) is 0 Å². The van der Waals surface area contributed by atoms with Gasteiger partial charge in [0.2, 0.25) is 22.6 Å². The molecular weight excluding hydrogens is 336 g/mol. The Morgan fingerprint density at radius 1 is 0.692 bits per heavy atom. The van der Waals surface area contributed by atoms with Gasteiger partial charge < -0.3 is 19.4 Å². The van der Waals surface area contributed by atoms with Crippen LogP contribution in [0.1, 0.15) is 0 Å². The van der Waals surface area contributed by atoms with Crippen LogP contribution in [0.2, 0.25) is 0 Å². The Bertz CT molecular complexity index is 1070. The normalized spacial score (nSPS) is 10.2. The van der Waals surface area contributed by atoms with Crippen LogP contribution in [-0.2, 0) is 0 Å². The summed E-state index contributed by atoms with van der Waals surface area (Å²) in [5.74, 6) is 0.897. The number of ether oxygens (including phenoxy) is 2. The summed E-state index contributed by atoms with van der Waals surface area (Å²) in [5, 5.41) is 0. The van der Waals surface area contributed by atoms with Crippen molar-refractivity contribution in [3.05, 3.63) is 69.2 Å². The number of aromatic amines is 2. The minimum atomic E-state index is -0.104. The summed E-state index contributed by atoms with van der Waals surface area (Å²) in [4.78, 5) is 36.5. The van der Waals surface area contributed by atoms with Crippen LogP contribution in [0.25, 0.3) is 22.1 Å². The van der Waals surface area contributed by atoms with Crippen molar-refractivity contribution < 1.29 is 9.47 Å². The molecule has 0 amide bonds. The molecule has 0 aliphatic heterocycles. The molecule has 4 aromatic heterocycles. The van der Waals surface area contributed by atoms with Crippen LogP contribution in [0.5, 0.6) is 11.8 Å². The fraction of sp³-hybridized carbons (Fsp3) is 0.111. The summed E-state index contributed by atoms with van der Waals surface area (Å²) in [6.45, 7) is 0.